The van der Waals surface area contributed by atoms with Gasteiger partial charge in [-0.15, -0.1) is 0 Å². The zero-order valence-corrected chi connectivity index (χ0v) is 10.6. The van der Waals surface area contributed by atoms with Crippen molar-refractivity contribution in [1.82, 2.24) is 4.98 Å². The molecule has 0 amide bonds. The highest BCUT2D eigenvalue weighted by Crippen LogP contribution is 2.17. The second-order valence-corrected chi connectivity index (χ2v) is 4.10. The zero-order valence-electron chi connectivity index (χ0n) is 10.6. The predicted molar refractivity (Wildman–Crippen MR) is 73.3 cm³/mol. The number of nitrogens with zero attached hydrogens (tertiary/aromatic N) is 1. The van der Waals surface area contributed by atoms with Crippen molar-refractivity contribution < 1.29 is 4.79 Å². The van der Waals surface area contributed by atoms with Crippen molar-refractivity contribution in [1.29, 1.82) is 0 Å². The summed E-state index contributed by atoms with van der Waals surface area (Å²) in [5.74, 6) is 0.887. The molecule has 18 heavy (non-hydrogen) atoms. The Kier molecular flexibility index (Phi) is 3.72. The number of hydrogen-bond donors (Lipinski definition) is 1. The van der Waals surface area contributed by atoms with E-state index in [9.17, 15) is 4.79 Å². The van der Waals surface area contributed by atoms with Crippen LogP contribution in [0.4, 0.5) is 11.5 Å². The van der Waals surface area contributed by atoms with E-state index in [1.165, 1.54) is 0 Å². The Bertz CT molecular complexity index is 550. The van der Waals surface area contributed by atoms with Gasteiger partial charge in [-0.05, 0) is 31.2 Å². The Morgan fingerprint density at radius 3 is 2.50 bits per heavy atom. The van der Waals surface area contributed by atoms with Crippen LogP contribution in [0.5, 0.6) is 0 Å². The number of hydrogen-bond acceptors (Lipinski definition) is 3. The molecule has 0 saturated carbocycles. The standard InChI is InChI=1S/C15H16N2O/c1-3-14(18)13-9-10-15(16-11(13)2)17-12-7-5-4-6-8-12/h4-10H,3H2,1-2H3,(H,16,17). The van der Waals surface area contributed by atoms with Crippen LogP contribution in [0.15, 0.2) is 42.5 Å². The van der Waals surface area contributed by atoms with Crippen molar-refractivity contribution in [2.45, 2.75) is 20.3 Å². The summed E-state index contributed by atoms with van der Waals surface area (Å²) in [4.78, 5) is 16.0. The molecule has 3 nitrogen and oxygen atoms in total. The van der Waals surface area contributed by atoms with Gasteiger partial charge >= 0.3 is 0 Å². The molecule has 1 N–H and O–H groups in total. The monoisotopic (exact) mass is 240 g/mol. The Morgan fingerprint density at radius 2 is 1.89 bits per heavy atom. The number of para-hydroxylation sites is 1. The third-order valence-corrected chi connectivity index (χ3v) is 2.75. The molecule has 0 aliphatic carbocycles. The first-order valence-electron chi connectivity index (χ1n) is 6.03. The molecule has 0 spiro atoms. The average Bonchev–Trinajstić information content (AvgIpc) is 2.39. The molecule has 0 saturated heterocycles. The number of aryl methyl sites for hydroxylation is 1. The lowest BCUT2D eigenvalue weighted by atomic mass is 10.1. The molecule has 3 heteroatoms. The number of aromatic nitrogens is 1. The van der Waals surface area contributed by atoms with Crippen molar-refractivity contribution in [3.8, 4) is 0 Å². The second-order valence-electron chi connectivity index (χ2n) is 4.10. The second kappa shape index (κ2) is 5.45. The van der Waals surface area contributed by atoms with Gasteiger partial charge < -0.3 is 5.32 Å². The van der Waals surface area contributed by atoms with Crippen molar-refractivity contribution in [2.24, 2.45) is 0 Å². The van der Waals surface area contributed by atoms with Crippen LogP contribution in [0, 0.1) is 6.92 Å². The fourth-order valence-electron chi connectivity index (χ4n) is 1.79. The molecule has 0 aliphatic rings. The Balaban J connectivity index is 2.22. The van der Waals surface area contributed by atoms with Gasteiger partial charge in [-0.3, -0.25) is 4.79 Å². The summed E-state index contributed by atoms with van der Waals surface area (Å²) in [6, 6.07) is 13.5. The third kappa shape index (κ3) is 2.74. The molecule has 1 heterocycles. The van der Waals surface area contributed by atoms with Crippen molar-refractivity contribution >= 4 is 17.3 Å². The molecule has 92 valence electrons. The number of carbonyl (C=O) groups excluding carboxylic acids is 1. The molecule has 0 atom stereocenters. The first-order chi connectivity index (χ1) is 8.70. The number of rotatable bonds is 4. The summed E-state index contributed by atoms with van der Waals surface area (Å²) in [5.41, 5.74) is 2.46. The number of Topliss-reactive ketones (excluding diaryl/α,β-unsaturated/α-hetero) is 1. The van der Waals surface area contributed by atoms with Gasteiger partial charge in [0.1, 0.15) is 5.82 Å². The highest BCUT2D eigenvalue weighted by Gasteiger charge is 2.08. The van der Waals surface area contributed by atoms with Crippen molar-refractivity contribution in [2.75, 3.05) is 5.32 Å². The largest absolute Gasteiger partial charge is 0.340 e. The highest BCUT2D eigenvalue weighted by atomic mass is 16.1. The lowest BCUT2D eigenvalue weighted by Crippen LogP contribution is -2.03. The van der Waals surface area contributed by atoms with Gasteiger partial charge in [0, 0.05) is 17.7 Å². The first kappa shape index (κ1) is 12.3. The average molecular weight is 240 g/mol. The molecule has 0 radical (unpaired) electrons. The lowest BCUT2D eigenvalue weighted by Gasteiger charge is -2.08. The highest BCUT2D eigenvalue weighted by molar-refractivity contribution is 5.97. The van der Waals surface area contributed by atoms with E-state index in [-0.39, 0.29) is 5.78 Å². The van der Waals surface area contributed by atoms with E-state index in [1.54, 1.807) is 0 Å². The van der Waals surface area contributed by atoms with Crippen molar-refractivity contribution in [3.63, 3.8) is 0 Å². The van der Waals surface area contributed by atoms with Gasteiger partial charge in [-0.2, -0.15) is 0 Å². The van der Waals surface area contributed by atoms with Crippen LogP contribution in [-0.2, 0) is 0 Å². The van der Waals surface area contributed by atoms with E-state index >= 15 is 0 Å². The summed E-state index contributed by atoms with van der Waals surface area (Å²) in [6.07, 6.45) is 0.508. The zero-order chi connectivity index (χ0) is 13.0. The molecule has 1 aromatic carbocycles. The first-order valence-corrected chi connectivity index (χ1v) is 6.03. The lowest BCUT2D eigenvalue weighted by molar-refractivity contribution is 0.0987. The van der Waals surface area contributed by atoms with Crippen LogP contribution in [0.1, 0.15) is 29.4 Å². The summed E-state index contributed by atoms with van der Waals surface area (Å²) in [6.45, 7) is 3.72. The van der Waals surface area contributed by atoms with E-state index in [2.05, 4.69) is 10.3 Å². The Labute approximate surface area is 107 Å². The molecule has 2 rings (SSSR count). The summed E-state index contributed by atoms with van der Waals surface area (Å²) in [5, 5.41) is 3.21. The van der Waals surface area contributed by atoms with Crippen LogP contribution < -0.4 is 5.32 Å². The van der Waals surface area contributed by atoms with E-state index in [0.717, 1.165) is 17.2 Å². The molecule has 0 aliphatic heterocycles. The predicted octanol–water partition coefficient (Wildman–Crippen LogP) is 3.73. The van der Waals surface area contributed by atoms with Gasteiger partial charge in [0.15, 0.2) is 5.78 Å². The summed E-state index contributed by atoms with van der Waals surface area (Å²) >= 11 is 0. The van der Waals surface area contributed by atoms with E-state index in [4.69, 9.17) is 0 Å². The fourth-order valence-corrected chi connectivity index (χ4v) is 1.79. The topological polar surface area (TPSA) is 42.0 Å². The maximum Gasteiger partial charge on any atom is 0.164 e. The number of pyridine rings is 1. The normalized spacial score (nSPS) is 10.1. The molecule has 0 fully saturated rings. The number of anilines is 2. The molecule has 0 unspecified atom stereocenters. The molecular weight excluding hydrogens is 224 g/mol. The summed E-state index contributed by atoms with van der Waals surface area (Å²) < 4.78 is 0. The minimum atomic E-state index is 0.131. The Hall–Kier alpha value is -2.16. The molecule has 0 bridgehead atoms. The van der Waals surface area contributed by atoms with E-state index in [0.29, 0.717) is 12.0 Å². The number of nitrogens with one attached hydrogen (secondary N) is 1. The minimum Gasteiger partial charge on any atom is -0.340 e. The van der Waals surface area contributed by atoms with Gasteiger partial charge in [-0.1, -0.05) is 25.1 Å². The quantitative estimate of drug-likeness (QED) is 0.828. The molecule has 2 aromatic rings. The fraction of sp³-hybridized carbons (Fsp3) is 0.200. The van der Waals surface area contributed by atoms with Crippen LogP contribution in [0.2, 0.25) is 0 Å². The maximum atomic E-state index is 11.6. The number of benzene rings is 1. The van der Waals surface area contributed by atoms with Crippen LogP contribution >= 0.6 is 0 Å². The molecule has 1 aromatic heterocycles. The van der Waals surface area contributed by atoms with Crippen LogP contribution in [0.3, 0.4) is 0 Å². The van der Waals surface area contributed by atoms with Gasteiger partial charge in [0.2, 0.25) is 0 Å². The SMILES string of the molecule is CCC(=O)c1ccc(Nc2ccccc2)nc1C. The maximum absolute atomic E-state index is 11.6. The van der Waals surface area contributed by atoms with Gasteiger partial charge in [0.05, 0.1) is 5.69 Å². The number of ketones is 1. The van der Waals surface area contributed by atoms with Crippen molar-refractivity contribution in [3.05, 3.63) is 53.7 Å². The minimum absolute atomic E-state index is 0.131. The summed E-state index contributed by atoms with van der Waals surface area (Å²) in [7, 11) is 0. The number of carbonyl (C=O) groups is 1. The van der Waals surface area contributed by atoms with Crippen LogP contribution in [0.25, 0.3) is 0 Å². The third-order valence-electron chi connectivity index (χ3n) is 2.75. The molecular formula is C15H16N2O. The van der Waals surface area contributed by atoms with Crippen LogP contribution in [-0.4, -0.2) is 10.8 Å². The van der Waals surface area contributed by atoms with E-state index in [1.807, 2.05) is 56.3 Å². The van der Waals surface area contributed by atoms with Gasteiger partial charge in [0.25, 0.3) is 0 Å². The smallest absolute Gasteiger partial charge is 0.164 e. The van der Waals surface area contributed by atoms with Gasteiger partial charge in [-0.25, -0.2) is 4.98 Å². The van der Waals surface area contributed by atoms with E-state index < -0.39 is 0 Å². The Morgan fingerprint density at radius 1 is 1.17 bits per heavy atom.